The van der Waals surface area contributed by atoms with Gasteiger partial charge in [-0.05, 0) is 39.8 Å². The van der Waals surface area contributed by atoms with Crippen molar-refractivity contribution in [3.8, 4) is 5.69 Å². The molecule has 0 fully saturated rings. The Morgan fingerprint density at radius 1 is 1.39 bits per heavy atom. The molecule has 1 heterocycles. The van der Waals surface area contributed by atoms with Gasteiger partial charge in [0.05, 0.1) is 23.1 Å². The smallest absolute Gasteiger partial charge is 0.257 e. The van der Waals surface area contributed by atoms with Crippen molar-refractivity contribution in [2.45, 2.75) is 33.3 Å². The lowest BCUT2D eigenvalue weighted by atomic mass is 10.1. The molecule has 0 unspecified atom stereocenters. The third-order valence-corrected chi connectivity index (χ3v) is 3.57. The highest BCUT2D eigenvalue weighted by atomic mass is 19.1. The molecule has 0 bridgehead atoms. The van der Waals surface area contributed by atoms with Crippen molar-refractivity contribution in [3.05, 3.63) is 47.5 Å². The first kappa shape index (κ1) is 17.1. The van der Waals surface area contributed by atoms with Gasteiger partial charge in [-0.1, -0.05) is 12.1 Å². The van der Waals surface area contributed by atoms with Crippen molar-refractivity contribution < 1.29 is 14.3 Å². The fourth-order valence-corrected chi connectivity index (χ4v) is 2.45. The molecule has 6 heteroatoms. The maximum atomic E-state index is 13.9. The zero-order valence-electron chi connectivity index (χ0n) is 13.9. The van der Waals surface area contributed by atoms with Crippen molar-refractivity contribution in [2.75, 3.05) is 13.1 Å². The molecular formula is C17H22FN3O2. The summed E-state index contributed by atoms with van der Waals surface area (Å²) in [6, 6.07) is 6.28. The minimum atomic E-state index is -0.985. The van der Waals surface area contributed by atoms with Crippen LogP contribution >= 0.6 is 0 Å². The van der Waals surface area contributed by atoms with E-state index >= 15 is 0 Å². The Balaban J connectivity index is 2.35. The molecule has 0 radical (unpaired) electrons. The van der Waals surface area contributed by atoms with Crippen molar-refractivity contribution in [3.63, 3.8) is 0 Å². The normalized spacial score (nSPS) is 11.6. The summed E-state index contributed by atoms with van der Waals surface area (Å²) in [4.78, 5) is 14.2. The second-order valence-electron chi connectivity index (χ2n) is 6.14. The molecule has 1 amide bonds. The average molecular weight is 319 g/mol. The number of carbonyl (C=O) groups is 1. The first-order valence-corrected chi connectivity index (χ1v) is 7.55. The molecule has 5 nitrogen and oxygen atoms in total. The molecule has 0 aliphatic rings. The lowest BCUT2D eigenvalue weighted by molar-refractivity contribution is 0.0314. The number of aliphatic hydroxyl groups is 1. The van der Waals surface area contributed by atoms with E-state index in [1.807, 2.05) is 6.92 Å². The number of halogens is 1. The molecule has 1 N–H and O–H groups in total. The van der Waals surface area contributed by atoms with Crippen LogP contribution in [0.25, 0.3) is 5.69 Å². The summed E-state index contributed by atoms with van der Waals surface area (Å²) in [5.41, 5.74) is 0.282. The van der Waals surface area contributed by atoms with Gasteiger partial charge >= 0.3 is 0 Å². The molecule has 0 aliphatic heterocycles. The van der Waals surface area contributed by atoms with Crippen LogP contribution in [0.5, 0.6) is 0 Å². The largest absolute Gasteiger partial charge is 0.389 e. The summed E-state index contributed by atoms with van der Waals surface area (Å²) >= 11 is 0. The minimum absolute atomic E-state index is 0.215. The number of hydrogen-bond donors (Lipinski definition) is 1. The molecule has 2 rings (SSSR count). The number of likely N-dealkylation sites (N-methyl/N-ethyl adjacent to an activating group) is 1. The number of aromatic nitrogens is 2. The van der Waals surface area contributed by atoms with Gasteiger partial charge in [0.25, 0.3) is 5.91 Å². The Labute approximate surface area is 135 Å². The maximum absolute atomic E-state index is 13.9. The number of hydrogen-bond acceptors (Lipinski definition) is 3. The van der Waals surface area contributed by atoms with E-state index < -0.39 is 11.4 Å². The lowest BCUT2D eigenvalue weighted by Crippen LogP contribution is -2.42. The van der Waals surface area contributed by atoms with E-state index in [-0.39, 0.29) is 12.5 Å². The molecule has 1 aromatic carbocycles. The fraction of sp³-hybridized carbons (Fsp3) is 0.412. The van der Waals surface area contributed by atoms with Crippen molar-refractivity contribution >= 4 is 5.91 Å². The highest BCUT2D eigenvalue weighted by Crippen LogP contribution is 2.19. The van der Waals surface area contributed by atoms with Crippen LogP contribution in [-0.4, -0.2) is 44.4 Å². The average Bonchev–Trinajstić information content (AvgIpc) is 2.85. The third-order valence-electron chi connectivity index (χ3n) is 3.57. The molecule has 0 atom stereocenters. The van der Waals surface area contributed by atoms with Crippen molar-refractivity contribution in [1.82, 2.24) is 14.7 Å². The predicted octanol–water partition coefficient (Wildman–Crippen LogP) is 2.55. The van der Waals surface area contributed by atoms with Crippen LogP contribution in [0, 0.1) is 12.7 Å². The number of carbonyl (C=O) groups excluding carboxylic acids is 1. The second kappa shape index (κ2) is 6.50. The van der Waals surface area contributed by atoms with Crippen molar-refractivity contribution in [2.24, 2.45) is 0 Å². The zero-order chi connectivity index (χ0) is 17.2. The van der Waals surface area contributed by atoms with E-state index in [2.05, 4.69) is 5.10 Å². The molecule has 1 aromatic heterocycles. The number of rotatable bonds is 5. The fourth-order valence-electron chi connectivity index (χ4n) is 2.45. The van der Waals surface area contributed by atoms with Crippen molar-refractivity contribution in [1.29, 1.82) is 0 Å². The highest BCUT2D eigenvalue weighted by molar-refractivity contribution is 5.95. The van der Waals surface area contributed by atoms with Crippen LogP contribution in [0.3, 0.4) is 0 Å². The Hall–Kier alpha value is -2.21. The predicted molar refractivity (Wildman–Crippen MR) is 86.1 cm³/mol. The van der Waals surface area contributed by atoms with Gasteiger partial charge in [0.1, 0.15) is 11.5 Å². The summed E-state index contributed by atoms with van der Waals surface area (Å²) in [5, 5.41) is 14.1. The van der Waals surface area contributed by atoms with Crippen LogP contribution in [-0.2, 0) is 0 Å². The molecule has 0 spiro atoms. The van der Waals surface area contributed by atoms with E-state index in [4.69, 9.17) is 0 Å². The molecule has 124 valence electrons. The molecule has 23 heavy (non-hydrogen) atoms. The van der Waals surface area contributed by atoms with Gasteiger partial charge in [-0.3, -0.25) is 4.79 Å². The number of para-hydroxylation sites is 1. The van der Waals surface area contributed by atoms with Gasteiger partial charge < -0.3 is 10.0 Å². The lowest BCUT2D eigenvalue weighted by Gasteiger charge is -2.28. The van der Waals surface area contributed by atoms with Gasteiger partial charge in [0, 0.05) is 13.1 Å². The minimum Gasteiger partial charge on any atom is -0.389 e. The third kappa shape index (κ3) is 3.76. The van der Waals surface area contributed by atoms with E-state index in [1.165, 1.54) is 16.9 Å². The number of benzene rings is 1. The number of nitrogens with zero attached hydrogens (tertiary/aromatic N) is 3. The summed E-state index contributed by atoms with van der Waals surface area (Å²) in [5.74, 6) is -0.628. The van der Waals surface area contributed by atoms with E-state index in [0.717, 1.165) is 0 Å². The molecule has 2 aromatic rings. The highest BCUT2D eigenvalue weighted by Gasteiger charge is 2.25. The Morgan fingerprint density at radius 3 is 2.61 bits per heavy atom. The summed E-state index contributed by atoms with van der Waals surface area (Å²) in [7, 11) is 0. The standard InChI is InChI=1S/C17H22FN3O2/c1-5-20(11-17(3,4)23)16(22)13-10-19-21(12(13)2)15-9-7-6-8-14(15)18/h6-10,23H,5,11H2,1-4H3. The molecular weight excluding hydrogens is 297 g/mol. The molecule has 0 aliphatic carbocycles. The first-order chi connectivity index (χ1) is 10.7. The summed E-state index contributed by atoms with van der Waals surface area (Å²) in [6.07, 6.45) is 1.44. The monoisotopic (exact) mass is 319 g/mol. The topological polar surface area (TPSA) is 58.4 Å². The van der Waals surface area contributed by atoms with Crippen LogP contribution in [0.15, 0.2) is 30.5 Å². The van der Waals surface area contributed by atoms with E-state index in [9.17, 15) is 14.3 Å². The summed E-state index contributed by atoms with van der Waals surface area (Å²) in [6.45, 7) is 7.56. The van der Waals surface area contributed by atoms with Crippen LogP contribution in [0.4, 0.5) is 4.39 Å². The van der Waals surface area contributed by atoms with Crippen LogP contribution in [0.1, 0.15) is 36.8 Å². The van der Waals surface area contributed by atoms with Crippen LogP contribution < -0.4 is 0 Å². The first-order valence-electron chi connectivity index (χ1n) is 7.55. The molecule has 0 saturated heterocycles. The van der Waals surface area contributed by atoms with E-state index in [1.54, 1.807) is 43.9 Å². The van der Waals surface area contributed by atoms with Gasteiger partial charge in [-0.15, -0.1) is 0 Å². The van der Waals surface area contributed by atoms with Gasteiger partial charge in [-0.2, -0.15) is 5.10 Å². The Bertz CT molecular complexity index is 704. The van der Waals surface area contributed by atoms with E-state index in [0.29, 0.717) is 23.5 Å². The van der Waals surface area contributed by atoms with Gasteiger partial charge in [0.2, 0.25) is 0 Å². The maximum Gasteiger partial charge on any atom is 0.257 e. The van der Waals surface area contributed by atoms with Gasteiger partial charge in [-0.25, -0.2) is 9.07 Å². The molecule has 0 saturated carbocycles. The Morgan fingerprint density at radius 2 is 2.04 bits per heavy atom. The number of amides is 1. The SMILES string of the molecule is CCN(CC(C)(C)O)C(=O)c1cnn(-c2ccccc2F)c1C. The summed E-state index contributed by atoms with van der Waals surface area (Å²) < 4.78 is 15.3. The van der Waals surface area contributed by atoms with Gasteiger partial charge in [0.15, 0.2) is 0 Å². The zero-order valence-corrected chi connectivity index (χ0v) is 13.9. The second-order valence-corrected chi connectivity index (χ2v) is 6.14. The van der Waals surface area contributed by atoms with Crippen LogP contribution in [0.2, 0.25) is 0 Å². The quantitative estimate of drug-likeness (QED) is 0.921. The Kier molecular flexibility index (Phi) is 4.85.